The van der Waals surface area contributed by atoms with E-state index in [1.165, 1.54) is 0 Å². The standard InChI is InChI=1S/C11H10N2O2/c1-7(13-6-14)10-5-9(15)4-8-2-3-12-11(8)10/h2-6,12,15H,1H2,(H,13,14). The number of aromatic nitrogens is 1. The van der Waals surface area contributed by atoms with Crippen LogP contribution in [0, 0.1) is 0 Å². The number of phenolic OH excluding ortho intramolecular Hbond substituents is 1. The predicted octanol–water partition coefficient (Wildman–Crippen LogP) is 1.59. The summed E-state index contributed by atoms with van der Waals surface area (Å²) in [5.41, 5.74) is 1.97. The van der Waals surface area contributed by atoms with Gasteiger partial charge in [-0.05, 0) is 18.2 Å². The molecule has 1 heterocycles. The number of fused-ring (bicyclic) bond motifs is 1. The van der Waals surface area contributed by atoms with Gasteiger partial charge in [-0.15, -0.1) is 0 Å². The molecule has 2 aromatic rings. The zero-order chi connectivity index (χ0) is 10.8. The lowest BCUT2D eigenvalue weighted by molar-refractivity contribution is -0.108. The highest BCUT2D eigenvalue weighted by atomic mass is 16.3. The molecule has 0 radical (unpaired) electrons. The Bertz CT molecular complexity index is 528. The minimum Gasteiger partial charge on any atom is -0.508 e. The van der Waals surface area contributed by atoms with Crippen LogP contribution in [-0.4, -0.2) is 16.5 Å². The second-order valence-corrected chi connectivity index (χ2v) is 3.18. The van der Waals surface area contributed by atoms with Crippen LogP contribution in [0.1, 0.15) is 5.56 Å². The highest BCUT2D eigenvalue weighted by Gasteiger charge is 2.07. The van der Waals surface area contributed by atoms with Gasteiger partial charge in [-0.1, -0.05) is 6.58 Å². The second kappa shape index (κ2) is 3.49. The Kier molecular flexibility index (Phi) is 2.17. The van der Waals surface area contributed by atoms with Gasteiger partial charge in [-0.25, -0.2) is 0 Å². The van der Waals surface area contributed by atoms with E-state index >= 15 is 0 Å². The average Bonchev–Trinajstić information content (AvgIpc) is 2.64. The zero-order valence-corrected chi connectivity index (χ0v) is 7.95. The van der Waals surface area contributed by atoms with E-state index in [9.17, 15) is 9.90 Å². The molecule has 76 valence electrons. The van der Waals surface area contributed by atoms with Gasteiger partial charge in [0.25, 0.3) is 0 Å². The highest BCUT2D eigenvalue weighted by Crippen LogP contribution is 2.26. The Morgan fingerprint density at radius 3 is 3.07 bits per heavy atom. The molecule has 4 nitrogen and oxygen atoms in total. The molecule has 0 atom stereocenters. The predicted molar refractivity (Wildman–Crippen MR) is 58.2 cm³/mol. The summed E-state index contributed by atoms with van der Waals surface area (Å²) < 4.78 is 0. The molecule has 4 heteroatoms. The van der Waals surface area contributed by atoms with Crippen molar-refractivity contribution in [3.05, 3.63) is 36.5 Å². The monoisotopic (exact) mass is 202 g/mol. The lowest BCUT2D eigenvalue weighted by Gasteiger charge is -2.06. The van der Waals surface area contributed by atoms with Gasteiger partial charge < -0.3 is 15.4 Å². The maximum atomic E-state index is 10.3. The molecular formula is C11H10N2O2. The molecule has 0 aliphatic rings. The van der Waals surface area contributed by atoms with Gasteiger partial charge in [0.1, 0.15) is 5.75 Å². The van der Waals surface area contributed by atoms with Crippen LogP contribution in [-0.2, 0) is 4.79 Å². The third-order valence-electron chi connectivity index (χ3n) is 2.20. The maximum Gasteiger partial charge on any atom is 0.211 e. The van der Waals surface area contributed by atoms with Crippen molar-refractivity contribution in [2.75, 3.05) is 0 Å². The smallest absolute Gasteiger partial charge is 0.211 e. The van der Waals surface area contributed by atoms with E-state index in [0.29, 0.717) is 17.7 Å². The Labute approximate surface area is 86.2 Å². The molecule has 1 aromatic carbocycles. The first kappa shape index (κ1) is 9.33. The van der Waals surface area contributed by atoms with Gasteiger partial charge in [0.15, 0.2) is 0 Å². The minimum atomic E-state index is 0.144. The molecule has 2 rings (SSSR count). The van der Waals surface area contributed by atoms with Gasteiger partial charge in [0.2, 0.25) is 6.41 Å². The summed E-state index contributed by atoms with van der Waals surface area (Å²) in [6.45, 7) is 3.71. The van der Waals surface area contributed by atoms with Crippen molar-refractivity contribution < 1.29 is 9.90 Å². The maximum absolute atomic E-state index is 10.3. The Hall–Kier alpha value is -2.23. The molecule has 15 heavy (non-hydrogen) atoms. The summed E-state index contributed by atoms with van der Waals surface area (Å²) in [6.07, 6.45) is 2.32. The second-order valence-electron chi connectivity index (χ2n) is 3.18. The Morgan fingerprint density at radius 2 is 2.33 bits per heavy atom. The van der Waals surface area contributed by atoms with Crippen LogP contribution in [0.4, 0.5) is 0 Å². The lowest BCUT2D eigenvalue weighted by atomic mass is 10.1. The summed E-state index contributed by atoms with van der Waals surface area (Å²) in [5, 5.41) is 12.8. The van der Waals surface area contributed by atoms with Crippen LogP contribution in [0.2, 0.25) is 0 Å². The fraction of sp³-hybridized carbons (Fsp3) is 0. The van der Waals surface area contributed by atoms with Crippen molar-refractivity contribution in [3.8, 4) is 5.75 Å². The molecule has 0 unspecified atom stereocenters. The summed E-state index contributed by atoms with van der Waals surface area (Å²) in [4.78, 5) is 13.3. The number of H-pyrrole nitrogens is 1. The van der Waals surface area contributed by atoms with E-state index in [1.54, 1.807) is 18.3 Å². The number of benzene rings is 1. The first-order valence-corrected chi connectivity index (χ1v) is 4.42. The van der Waals surface area contributed by atoms with Crippen LogP contribution >= 0.6 is 0 Å². The van der Waals surface area contributed by atoms with E-state index in [1.807, 2.05) is 6.07 Å². The number of rotatable bonds is 3. The van der Waals surface area contributed by atoms with Crippen molar-refractivity contribution in [1.29, 1.82) is 0 Å². The van der Waals surface area contributed by atoms with Crippen LogP contribution in [0.15, 0.2) is 31.0 Å². The molecule has 0 spiro atoms. The van der Waals surface area contributed by atoms with E-state index in [-0.39, 0.29) is 5.75 Å². The molecule has 1 amide bonds. The van der Waals surface area contributed by atoms with Crippen molar-refractivity contribution in [2.24, 2.45) is 0 Å². The molecule has 0 saturated heterocycles. The van der Waals surface area contributed by atoms with Gasteiger partial charge in [0, 0.05) is 22.8 Å². The minimum absolute atomic E-state index is 0.144. The number of aromatic hydroxyl groups is 1. The van der Waals surface area contributed by atoms with Gasteiger partial charge in [0.05, 0.1) is 5.52 Å². The molecule has 1 aromatic heterocycles. The third-order valence-corrected chi connectivity index (χ3v) is 2.20. The lowest BCUT2D eigenvalue weighted by Crippen LogP contribution is -2.07. The number of amides is 1. The van der Waals surface area contributed by atoms with Crippen LogP contribution in [0.3, 0.4) is 0 Å². The largest absolute Gasteiger partial charge is 0.508 e. The normalized spacial score (nSPS) is 10.1. The summed E-state index contributed by atoms with van der Waals surface area (Å²) in [5.74, 6) is 0.144. The number of carbonyl (C=O) groups is 1. The molecule has 0 bridgehead atoms. The van der Waals surface area contributed by atoms with Crippen molar-refractivity contribution >= 4 is 23.0 Å². The Morgan fingerprint density at radius 1 is 1.53 bits per heavy atom. The number of nitrogens with one attached hydrogen (secondary N) is 2. The molecule has 0 fully saturated rings. The summed E-state index contributed by atoms with van der Waals surface area (Å²) in [6, 6.07) is 5.04. The Balaban J connectivity index is 2.62. The SMILES string of the molecule is C=C(NC=O)c1cc(O)cc2cc[nH]c12. The number of hydrogen-bond acceptors (Lipinski definition) is 2. The number of phenols is 1. The number of hydrogen-bond donors (Lipinski definition) is 3. The molecule has 0 saturated carbocycles. The highest BCUT2D eigenvalue weighted by molar-refractivity contribution is 5.93. The number of carbonyl (C=O) groups excluding carboxylic acids is 1. The van der Waals surface area contributed by atoms with E-state index in [2.05, 4.69) is 16.9 Å². The molecular weight excluding hydrogens is 192 g/mol. The van der Waals surface area contributed by atoms with E-state index in [4.69, 9.17) is 0 Å². The topological polar surface area (TPSA) is 65.1 Å². The number of aromatic amines is 1. The fourth-order valence-electron chi connectivity index (χ4n) is 1.54. The third kappa shape index (κ3) is 1.57. The van der Waals surface area contributed by atoms with Gasteiger partial charge >= 0.3 is 0 Å². The van der Waals surface area contributed by atoms with Crippen LogP contribution in [0.5, 0.6) is 5.75 Å². The molecule has 3 N–H and O–H groups in total. The first-order valence-electron chi connectivity index (χ1n) is 4.42. The quantitative estimate of drug-likeness (QED) is 0.662. The van der Waals surface area contributed by atoms with E-state index < -0.39 is 0 Å². The zero-order valence-electron chi connectivity index (χ0n) is 7.95. The molecule has 0 aliphatic heterocycles. The first-order chi connectivity index (χ1) is 7.22. The van der Waals surface area contributed by atoms with Crippen molar-refractivity contribution in [2.45, 2.75) is 0 Å². The van der Waals surface area contributed by atoms with Crippen molar-refractivity contribution in [1.82, 2.24) is 10.3 Å². The average molecular weight is 202 g/mol. The summed E-state index contributed by atoms with van der Waals surface area (Å²) in [7, 11) is 0. The van der Waals surface area contributed by atoms with Crippen LogP contribution < -0.4 is 5.32 Å². The molecule has 0 aliphatic carbocycles. The van der Waals surface area contributed by atoms with Crippen LogP contribution in [0.25, 0.3) is 16.6 Å². The van der Waals surface area contributed by atoms with E-state index in [0.717, 1.165) is 10.9 Å². The van der Waals surface area contributed by atoms with Gasteiger partial charge in [-0.3, -0.25) is 4.79 Å². The van der Waals surface area contributed by atoms with Gasteiger partial charge in [-0.2, -0.15) is 0 Å². The van der Waals surface area contributed by atoms with Crippen molar-refractivity contribution in [3.63, 3.8) is 0 Å². The summed E-state index contributed by atoms with van der Waals surface area (Å²) >= 11 is 0. The fourth-order valence-corrected chi connectivity index (χ4v) is 1.54.